The minimum Gasteiger partial charge on any atom is -0.491 e. The zero-order chi connectivity index (χ0) is 12.8. The third kappa shape index (κ3) is 3.96. The molecule has 1 aliphatic heterocycles. The largest absolute Gasteiger partial charge is 0.491 e. The molecule has 1 fully saturated rings. The third-order valence-electron chi connectivity index (χ3n) is 3.07. The molecule has 18 heavy (non-hydrogen) atoms. The summed E-state index contributed by atoms with van der Waals surface area (Å²) >= 11 is 0. The summed E-state index contributed by atoms with van der Waals surface area (Å²) in [5.41, 5.74) is 1.16. The minimum absolute atomic E-state index is 0.467. The smallest absolute Gasteiger partial charge is 0.142 e. The first-order chi connectivity index (χ1) is 8.75. The van der Waals surface area contributed by atoms with Gasteiger partial charge in [0, 0.05) is 36.9 Å². The summed E-state index contributed by atoms with van der Waals surface area (Å²) in [7, 11) is 0. The van der Waals surface area contributed by atoms with Crippen molar-refractivity contribution in [3.8, 4) is 5.75 Å². The van der Waals surface area contributed by atoms with E-state index in [1.807, 2.05) is 12.3 Å². The monoisotopic (exact) mass is 250 g/mol. The number of hydrogen-bond donors (Lipinski definition) is 1. The van der Waals surface area contributed by atoms with Gasteiger partial charge in [0.15, 0.2) is 0 Å². The number of ether oxygens (including phenoxy) is 2. The Bertz CT molecular complexity index is 363. The number of nitrogens with zero attached hydrogens (tertiary/aromatic N) is 1. The summed E-state index contributed by atoms with van der Waals surface area (Å²) in [5.74, 6) is 1.41. The molecule has 0 spiro atoms. The maximum absolute atomic E-state index is 5.87. The lowest BCUT2D eigenvalue weighted by atomic mass is 10.1. The van der Waals surface area contributed by atoms with Crippen LogP contribution in [0.25, 0.3) is 0 Å². The summed E-state index contributed by atoms with van der Waals surface area (Å²) in [5, 5.41) is 3.40. The van der Waals surface area contributed by atoms with Gasteiger partial charge in [0.25, 0.3) is 0 Å². The molecule has 4 nitrogen and oxygen atoms in total. The molecule has 0 aliphatic carbocycles. The summed E-state index contributed by atoms with van der Waals surface area (Å²) in [6.45, 7) is 7.49. The lowest BCUT2D eigenvalue weighted by Crippen LogP contribution is -2.22. The van der Waals surface area contributed by atoms with E-state index in [0.29, 0.717) is 12.0 Å². The van der Waals surface area contributed by atoms with Gasteiger partial charge >= 0.3 is 0 Å². The molecule has 0 aromatic carbocycles. The first-order valence-electron chi connectivity index (χ1n) is 6.62. The normalized spacial score (nSPS) is 19.4. The quantitative estimate of drug-likeness (QED) is 0.838. The highest BCUT2D eigenvalue weighted by molar-refractivity contribution is 5.29. The van der Waals surface area contributed by atoms with Gasteiger partial charge in [-0.05, 0) is 12.5 Å². The Labute approximate surface area is 109 Å². The fourth-order valence-electron chi connectivity index (χ4n) is 1.92. The van der Waals surface area contributed by atoms with Crippen molar-refractivity contribution in [1.29, 1.82) is 0 Å². The van der Waals surface area contributed by atoms with E-state index in [1.54, 1.807) is 6.20 Å². The van der Waals surface area contributed by atoms with Crippen LogP contribution in [0.3, 0.4) is 0 Å². The van der Waals surface area contributed by atoms with E-state index >= 15 is 0 Å². The van der Waals surface area contributed by atoms with Gasteiger partial charge in [-0.15, -0.1) is 0 Å². The van der Waals surface area contributed by atoms with Crippen LogP contribution in [0, 0.1) is 5.92 Å². The van der Waals surface area contributed by atoms with Crippen molar-refractivity contribution in [2.24, 2.45) is 5.92 Å². The van der Waals surface area contributed by atoms with Gasteiger partial charge in [0.05, 0.1) is 19.4 Å². The third-order valence-corrected chi connectivity index (χ3v) is 3.07. The van der Waals surface area contributed by atoms with Crippen LogP contribution in [0.5, 0.6) is 5.75 Å². The van der Waals surface area contributed by atoms with Crippen molar-refractivity contribution >= 4 is 0 Å². The Morgan fingerprint density at radius 3 is 3.17 bits per heavy atom. The van der Waals surface area contributed by atoms with E-state index in [4.69, 9.17) is 9.47 Å². The van der Waals surface area contributed by atoms with E-state index in [2.05, 4.69) is 24.1 Å². The van der Waals surface area contributed by atoms with E-state index < -0.39 is 0 Å². The van der Waals surface area contributed by atoms with Gasteiger partial charge < -0.3 is 14.8 Å². The number of nitrogens with one attached hydrogen (secondary N) is 1. The second-order valence-electron chi connectivity index (χ2n) is 5.06. The standard InChI is InChI=1S/C14H22N2O2/c1-11(2)16-7-13-3-5-15-8-14(13)18-10-12-4-6-17-9-12/h3,5,8,11-12,16H,4,6-7,9-10H2,1-2H3. The first kappa shape index (κ1) is 13.3. The lowest BCUT2D eigenvalue weighted by Gasteiger charge is -2.15. The SMILES string of the molecule is CC(C)NCc1ccncc1OCC1CCOC1. The lowest BCUT2D eigenvalue weighted by molar-refractivity contribution is 0.166. The summed E-state index contributed by atoms with van der Waals surface area (Å²) < 4.78 is 11.2. The zero-order valence-corrected chi connectivity index (χ0v) is 11.2. The molecular weight excluding hydrogens is 228 g/mol. The molecule has 1 aromatic heterocycles. The molecule has 2 rings (SSSR count). The predicted octanol–water partition coefficient (Wildman–Crippen LogP) is 1.99. The van der Waals surface area contributed by atoms with Crippen molar-refractivity contribution in [2.75, 3.05) is 19.8 Å². The molecule has 0 saturated carbocycles. The van der Waals surface area contributed by atoms with Gasteiger partial charge in [-0.3, -0.25) is 4.98 Å². The average molecular weight is 250 g/mol. The van der Waals surface area contributed by atoms with Crippen molar-refractivity contribution < 1.29 is 9.47 Å². The van der Waals surface area contributed by atoms with Gasteiger partial charge in [-0.1, -0.05) is 13.8 Å². The van der Waals surface area contributed by atoms with Crippen molar-refractivity contribution in [2.45, 2.75) is 32.9 Å². The predicted molar refractivity (Wildman–Crippen MR) is 70.6 cm³/mol. The Morgan fingerprint density at radius 2 is 2.44 bits per heavy atom. The van der Waals surface area contributed by atoms with Crippen molar-refractivity contribution in [3.63, 3.8) is 0 Å². The highest BCUT2D eigenvalue weighted by Gasteiger charge is 2.16. The van der Waals surface area contributed by atoms with Gasteiger partial charge in [-0.2, -0.15) is 0 Å². The molecule has 1 N–H and O–H groups in total. The van der Waals surface area contributed by atoms with Crippen LogP contribution in [0.15, 0.2) is 18.5 Å². The van der Waals surface area contributed by atoms with Gasteiger partial charge in [0.2, 0.25) is 0 Å². The number of aromatic nitrogens is 1. The Kier molecular flexibility index (Phi) is 4.96. The van der Waals surface area contributed by atoms with E-state index in [0.717, 1.165) is 44.1 Å². The van der Waals surface area contributed by atoms with Crippen molar-refractivity contribution in [1.82, 2.24) is 10.3 Å². The zero-order valence-electron chi connectivity index (χ0n) is 11.2. The van der Waals surface area contributed by atoms with Gasteiger partial charge in [0.1, 0.15) is 5.75 Å². The van der Waals surface area contributed by atoms with E-state index in [9.17, 15) is 0 Å². The number of hydrogen-bond acceptors (Lipinski definition) is 4. The molecule has 1 saturated heterocycles. The average Bonchev–Trinajstić information content (AvgIpc) is 2.88. The molecule has 2 heterocycles. The Balaban J connectivity index is 1.89. The summed E-state index contributed by atoms with van der Waals surface area (Å²) in [4.78, 5) is 4.13. The Morgan fingerprint density at radius 1 is 1.56 bits per heavy atom. The number of pyridine rings is 1. The molecule has 0 radical (unpaired) electrons. The molecule has 1 atom stereocenters. The topological polar surface area (TPSA) is 43.4 Å². The van der Waals surface area contributed by atoms with Crippen LogP contribution in [0.1, 0.15) is 25.8 Å². The second kappa shape index (κ2) is 6.71. The van der Waals surface area contributed by atoms with E-state index in [1.165, 1.54) is 0 Å². The Hall–Kier alpha value is -1.13. The molecular formula is C14H22N2O2. The molecule has 1 aromatic rings. The maximum Gasteiger partial charge on any atom is 0.142 e. The second-order valence-corrected chi connectivity index (χ2v) is 5.06. The molecule has 1 aliphatic rings. The van der Waals surface area contributed by atoms with Crippen LogP contribution in [-0.4, -0.2) is 30.8 Å². The fourth-order valence-corrected chi connectivity index (χ4v) is 1.92. The van der Waals surface area contributed by atoms with Crippen LogP contribution in [0.4, 0.5) is 0 Å². The van der Waals surface area contributed by atoms with E-state index in [-0.39, 0.29) is 0 Å². The highest BCUT2D eigenvalue weighted by atomic mass is 16.5. The molecule has 1 unspecified atom stereocenters. The van der Waals surface area contributed by atoms with Crippen molar-refractivity contribution in [3.05, 3.63) is 24.0 Å². The number of rotatable bonds is 6. The molecule has 100 valence electrons. The molecule has 0 bridgehead atoms. The fraction of sp³-hybridized carbons (Fsp3) is 0.643. The maximum atomic E-state index is 5.87. The highest BCUT2D eigenvalue weighted by Crippen LogP contribution is 2.19. The first-order valence-corrected chi connectivity index (χ1v) is 6.62. The molecule has 4 heteroatoms. The summed E-state index contributed by atoms with van der Waals surface area (Å²) in [6, 6.07) is 2.48. The summed E-state index contributed by atoms with van der Waals surface area (Å²) in [6.07, 6.45) is 4.70. The minimum atomic E-state index is 0.467. The molecule has 0 amide bonds. The van der Waals surface area contributed by atoms with Crippen LogP contribution in [0.2, 0.25) is 0 Å². The van der Waals surface area contributed by atoms with Gasteiger partial charge in [-0.25, -0.2) is 0 Å². The van der Waals surface area contributed by atoms with Crippen LogP contribution < -0.4 is 10.1 Å². The van der Waals surface area contributed by atoms with Crippen LogP contribution in [-0.2, 0) is 11.3 Å². The van der Waals surface area contributed by atoms with Crippen LogP contribution >= 0.6 is 0 Å².